The molecule has 3 aromatic carbocycles. The Morgan fingerprint density at radius 3 is 2.17 bits per heavy atom. The molecule has 1 N–H and O–H groups in total. The van der Waals surface area contributed by atoms with Gasteiger partial charge < -0.3 is 15.0 Å². The maximum atomic E-state index is 14.2. The van der Waals surface area contributed by atoms with E-state index in [1.165, 1.54) is 17.0 Å². The number of methoxy groups -OCH3 is 1. The van der Waals surface area contributed by atoms with Crippen molar-refractivity contribution in [2.75, 3.05) is 18.0 Å². The van der Waals surface area contributed by atoms with E-state index >= 15 is 0 Å². The first-order chi connectivity index (χ1) is 19.2. The van der Waals surface area contributed by atoms with Crippen LogP contribution in [0.3, 0.4) is 0 Å². The van der Waals surface area contributed by atoms with Crippen LogP contribution in [0, 0.1) is 13.8 Å². The van der Waals surface area contributed by atoms with E-state index in [-0.39, 0.29) is 17.3 Å². The third kappa shape index (κ3) is 8.33. The summed E-state index contributed by atoms with van der Waals surface area (Å²) < 4.78 is 34.4. The van der Waals surface area contributed by atoms with Crippen LogP contribution in [0.2, 0.25) is 0 Å². The lowest BCUT2D eigenvalue weighted by atomic mass is 10.1. The molecule has 0 aromatic heterocycles. The molecule has 0 heterocycles. The largest absolute Gasteiger partial charge is 0.497 e. The van der Waals surface area contributed by atoms with Crippen molar-refractivity contribution >= 4 is 27.5 Å². The van der Waals surface area contributed by atoms with E-state index in [4.69, 9.17) is 4.74 Å². The highest BCUT2D eigenvalue weighted by Gasteiger charge is 2.34. The number of ether oxygens (including phenoxy) is 1. The second kappa shape index (κ2) is 13.2. The van der Waals surface area contributed by atoms with Crippen molar-refractivity contribution < 1.29 is 22.7 Å². The van der Waals surface area contributed by atoms with Gasteiger partial charge in [0, 0.05) is 12.1 Å². The normalized spacial score (nSPS) is 12.4. The molecular formula is C32H41N3O5S. The van der Waals surface area contributed by atoms with Crippen LogP contribution in [-0.4, -0.2) is 50.4 Å². The zero-order chi connectivity index (χ0) is 30.4. The Morgan fingerprint density at radius 1 is 0.927 bits per heavy atom. The molecule has 9 heteroatoms. The molecule has 0 spiro atoms. The van der Waals surface area contributed by atoms with Gasteiger partial charge in [-0.25, -0.2) is 8.42 Å². The van der Waals surface area contributed by atoms with Crippen LogP contribution in [0.1, 0.15) is 50.8 Å². The highest BCUT2D eigenvalue weighted by Crippen LogP contribution is 2.26. The Labute approximate surface area is 244 Å². The number of benzene rings is 3. The van der Waals surface area contributed by atoms with E-state index < -0.39 is 34.1 Å². The van der Waals surface area contributed by atoms with Gasteiger partial charge in [0.1, 0.15) is 18.3 Å². The minimum atomic E-state index is -4.12. The molecule has 0 aliphatic carbocycles. The van der Waals surface area contributed by atoms with Gasteiger partial charge in [-0.15, -0.1) is 0 Å². The summed E-state index contributed by atoms with van der Waals surface area (Å²) in [5, 5.41) is 2.98. The predicted molar refractivity (Wildman–Crippen MR) is 162 cm³/mol. The van der Waals surface area contributed by atoms with Gasteiger partial charge >= 0.3 is 0 Å². The van der Waals surface area contributed by atoms with Crippen LogP contribution in [-0.2, 0) is 26.2 Å². The molecule has 0 saturated carbocycles. The fraction of sp³-hybridized carbons (Fsp3) is 0.375. The molecule has 0 unspecified atom stereocenters. The van der Waals surface area contributed by atoms with E-state index in [9.17, 15) is 18.0 Å². The zero-order valence-electron chi connectivity index (χ0n) is 25.0. The molecule has 0 fully saturated rings. The molecular weight excluding hydrogens is 538 g/mol. The van der Waals surface area contributed by atoms with E-state index in [0.29, 0.717) is 17.9 Å². The minimum Gasteiger partial charge on any atom is -0.497 e. The number of nitrogens with zero attached hydrogens (tertiary/aromatic N) is 2. The van der Waals surface area contributed by atoms with Crippen LogP contribution in [0.4, 0.5) is 5.69 Å². The molecule has 3 rings (SSSR count). The summed E-state index contributed by atoms with van der Waals surface area (Å²) in [7, 11) is -2.56. The summed E-state index contributed by atoms with van der Waals surface area (Å²) >= 11 is 0. The highest BCUT2D eigenvalue weighted by molar-refractivity contribution is 7.92. The maximum Gasteiger partial charge on any atom is 0.264 e. The summed E-state index contributed by atoms with van der Waals surface area (Å²) in [6.07, 6.45) is 0.340. The highest BCUT2D eigenvalue weighted by atomic mass is 32.2. The number of sulfonamides is 1. The SMILES string of the molecule is CC[C@H](C(=O)NC(C)(C)C)N(Cc1cccc(OC)c1)C(=O)CN(c1cccc(C)c1)S(=O)(=O)c1ccc(C)cc1. The molecule has 0 saturated heterocycles. The number of hydrogen-bond acceptors (Lipinski definition) is 5. The number of carbonyl (C=O) groups excluding carboxylic acids is 2. The van der Waals surface area contributed by atoms with Crippen molar-refractivity contribution in [3.05, 3.63) is 89.5 Å². The quantitative estimate of drug-likeness (QED) is 0.336. The average Bonchev–Trinajstić information content (AvgIpc) is 2.90. The number of aryl methyl sites for hydroxylation is 2. The molecule has 2 amide bonds. The second-order valence-corrected chi connectivity index (χ2v) is 13.1. The second-order valence-electron chi connectivity index (χ2n) is 11.2. The third-order valence-corrected chi connectivity index (χ3v) is 8.34. The molecule has 3 aromatic rings. The van der Waals surface area contributed by atoms with Crippen LogP contribution in [0.5, 0.6) is 5.75 Å². The van der Waals surface area contributed by atoms with Gasteiger partial charge in [-0.3, -0.25) is 13.9 Å². The summed E-state index contributed by atoms with van der Waals surface area (Å²) in [5.41, 5.74) is 2.37. The Morgan fingerprint density at radius 2 is 1.59 bits per heavy atom. The van der Waals surface area contributed by atoms with Gasteiger partial charge in [0.2, 0.25) is 11.8 Å². The Balaban J connectivity index is 2.08. The lowest BCUT2D eigenvalue weighted by Gasteiger charge is -2.35. The van der Waals surface area contributed by atoms with Crippen LogP contribution in [0.15, 0.2) is 77.7 Å². The minimum absolute atomic E-state index is 0.0780. The molecule has 41 heavy (non-hydrogen) atoms. The maximum absolute atomic E-state index is 14.2. The van der Waals surface area contributed by atoms with E-state index in [1.807, 2.05) is 59.7 Å². The topological polar surface area (TPSA) is 96.0 Å². The zero-order valence-corrected chi connectivity index (χ0v) is 25.8. The molecule has 0 radical (unpaired) electrons. The summed E-state index contributed by atoms with van der Waals surface area (Å²) in [6, 6.07) is 20.0. The van der Waals surface area contributed by atoms with Crippen LogP contribution < -0.4 is 14.4 Å². The first-order valence-corrected chi connectivity index (χ1v) is 15.1. The molecule has 0 aliphatic rings. The van der Waals surface area contributed by atoms with Gasteiger partial charge in [-0.1, -0.05) is 48.9 Å². The van der Waals surface area contributed by atoms with E-state index in [1.54, 1.807) is 49.6 Å². The Hall–Kier alpha value is -3.85. The van der Waals surface area contributed by atoms with E-state index in [2.05, 4.69) is 5.32 Å². The van der Waals surface area contributed by atoms with Crippen molar-refractivity contribution in [1.82, 2.24) is 10.2 Å². The van der Waals surface area contributed by atoms with Gasteiger partial charge in [0.25, 0.3) is 10.0 Å². The Bertz CT molecular complexity index is 1460. The first-order valence-electron chi connectivity index (χ1n) is 13.7. The third-order valence-electron chi connectivity index (χ3n) is 6.55. The molecule has 0 aliphatic heterocycles. The smallest absolute Gasteiger partial charge is 0.264 e. The van der Waals surface area contributed by atoms with Crippen LogP contribution >= 0.6 is 0 Å². The van der Waals surface area contributed by atoms with Crippen molar-refractivity contribution in [2.45, 2.75) is 71.0 Å². The summed E-state index contributed by atoms with van der Waals surface area (Å²) in [5.74, 6) is -0.189. The van der Waals surface area contributed by atoms with Crippen molar-refractivity contribution in [2.24, 2.45) is 0 Å². The van der Waals surface area contributed by atoms with E-state index in [0.717, 1.165) is 21.0 Å². The van der Waals surface area contributed by atoms with Gasteiger partial charge in [-0.05, 0) is 88.6 Å². The van der Waals surface area contributed by atoms with Crippen LogP contribution in [0.25, 0.3) is 0 Å². The number of hydrogen-bond donors (Lipinski definition) is 1. The van der Waals surface area contributed by atoms with Crippen molar-refractivity contribution in [3.63, 3.8) is 0 Å². The number of carbonyl (C=O) groups is 2. The van der Waals surface area contributed by atoms with Gasteiger partial charge in [-0.2, -0.15) is 0 Å². The first kappa shape index (κ1) is 31.7. The number of nitrogens with one attached hydrogen (secondary N) is 1. The fourth-order valence-electron chi connectivity index (χ4n) is 4.49. The van der Waals surface area contributed by atoms with Gasteiger partial charge in [0.05, 0.1) is 17.7 Å². The fourth-order valence-corrected chi connectivity index (χ4v) is 5.90. The monoisotopic (exact) mass is 579 g/mol. The van der Waals surface area contributed by atoms with Crippen molar-refractivity contribution in [1.29, 1.82) is 0 Å². The molecule has 0 bridgehead atoms. The molecule has 8 nitrogen and oxygen atoms in total. The standard InChI is InChI=1S/C32H41N3O5S/c1-8-29(31(37)33-32(4,5)6)34(21-25-12-10-14-27(20-25)40-7)30(36)22-35(26-13-9-11-24(3)19-26)41(38,39)28-17-15-23(2)16-18-28/h9-20,29H,8,21-22H2,1-7H3,(H,33,37)/t29-/m1/s1. The number of amides is 2. The molecule has 220 valence electrons. The van der Waals surface area contributed by atoms with Gasteiger partial charge in [0.15, 0.2) is 0 Å². The summed E-state index contributed by atoms with van der Waals surface area (Å²) in [4.78, 5) is 29.2. The summed E-state index contributed by atoms with van der Waals surface area (Å²) in [6.45, 7) is 10.8. The number of anilines is 1. The molecule has 1 atom stereocenters. The van der Waals surface area contributed by atoms with Crippen molar-refractivity contribution in [3.8, 4) is 5.75 Å². The predicted octanol–water partition coefficient (Wildman–Crippen LogP) is 5.23. The Kier molecular flexibility index (Phi) is 10.2. The lowest BCUT2D eigenvalue weighted by Crippen LogP contribution is -2.55. The number of rotatable bonds is 11. The average molecular weight is 580 g/mol. The lowest BCUT2D eigenvalue weighted by molar-refractivity contribution is -0.141.